The Labute approximate surface area is 550 Å². The van der Waals surface area contributed by atoms with Crippen LogP contribution < -0.4 is 0 Å². The molecule has 5 atom stereocenters. The lowest BCUT2D eigenvalue weighted by Gasteiger charge is -2.21. The molecule has 0 bridgehead atoms. The largest absolute Gasteiger partial charge is 0.472 e. The summed E-state index contributed by atoms with van der Waals surface area (Å²) in [7, 11) is -9.80. The van der Waals surface area contributed by atoms with Crippen molar-refractivity contribution in [2.45, 2.75) is 270 Å². The molecule has 0 aliphatic rings. The Hall–Kier alpha value is -4.31. The highest BCUT2D eigenvalue weighted by Gasteiger charge is 2.29. The maximum atomic E-state index is 12.9. The molecule has 520 valence electrons. The third-order valence-corrected chi connectivity index (χ3v) is 15.7. The number of hydrogen-bond donors (Lipinski definition) is 4. The molecule has 0 saturated heterocycles. The van der Waals surface area contributed by atoms with Crippen molar-refractivity contribution in [3.8, 4) is 0 Å². The normalized spacial score (nSPS) is 15.0. The number of allylic oxidation sites excluding steroid dienone is 22. The van der Waals surface area contributed by atoms with Gasteiger partial charge in [-0.25, -0.2) is 9.13 Å². The highest BCUT2D eigenvalue weighted by molar-refractivity contribution is 7.47. The first kappa shape index (κ1) is 86.7. The molecule has 91 heavy (non-hydrogen) atoms. The van der Waals surface area contributed by atoms with Crippen LogP contribution in [0.25, 0.3) is 0 Å². The molecule has 16 nitrogen and oxygen atoms in total. The van der Waals surface area contributed by atoms with E-state index in [2.05, 4.69) is 154 Å². The van der Waals surface area contributed by atoms with Crippen molar-refractivity contribution in [1.82, 2.24) is 0 Å². The smallest absolute Gasteiger partial charge is 0.463 e. The van der Waals surface area contributed by atoms with Gasteiger partial charge >= 0.3 is 33.6 Å². The van der Waals surface area contributed by atoms with Gasteiger partial charge in [0.25, 0.3) is 0 Å². The zero-order chi connectivity index (χ0) is 66.7. The van der Waals surface area contributed by atoms with Gasteiger partial charge in [-0.1, -0.05) is 231 Å². The molecule has 0 rings (SSSR count). The second-order valence-electron chi connectivity index (χ2n) is 22.6. The second-order valence-corrected chi connectivity index (χ2v) is 25.5. The molecule has 4 N–H and O–H groups in total. The molecule has 0 fully saturated rings. The van der Waals surface area contributed by atoms with E-state index in [-0.39, 0.29) is 19.3 Å². The number of aliphatic hydroxyl groups is 2. The molecule has 0 spiro atoms. The highest BCUT2D eigenvalue weighted by atomic mass is 31.2. The monoisotopic (exact) mass is 1320 g/mol. The standard InChI is InChI=1S/C73H122O16P2/c1-4-7-10-13-16-19-22-25-28-30-31-32-33-34-35-37-40-41-44-47-50-53-56-59-71(76)83-62-68(74)63-85-90(79,80)86-64-69(75)65-87-91(81,82)88-67-70(89-73(78)61-58-55-52-49-46-43-38-27-24-21-18-15-12-9-6-3)66-84-72(77)60-57-54-51-48-45-42-39-36-29-26-23-20-17-14-11-8-5-2/h8-9,11-12,16-21,25-29,31-32,34-35,38-39,42,68-70,74-75H,4-7,10,13-15,22-24,30,33,36-37,40-41,43-67H2,1-3H3,(H,79,80)(H,81,82)/b11-8-,12-9-,19-16-,20-17-,21-18-,28-25-,29-26-,32-31-,35-34-,38-27-,42-39-. The van der Waals surface area contributed by atoms with Crippen molar-refractivity contribution in [3.05, 3.63) is 134 Å². The molecule has 0 heterocycles. The number of esters is 3. The summed E-state index contributed by atoms with van der Waals surface area (Å²) in [6.45, 7) is 2.33. The predicted molar refractivity (Wildman–Crippen MR) is 371 cm³/mol. The van der Waals surface area contributed by atoms with Gasteiger partial charge in [0, 0.05) is 19.3 Å². The van der Waals surface area contributed by atoms with Gasteiger partial charge < -0.3 is 34.2 Å². The lowest BCUT2D eigenvalue weighted by Crippen LogP contribution is -2.30. The summed E-state index contributed by atoms with van der Waals surface area (Å²) in [4.78, 5) is 58.4. The summed E-state index contributed by atoms with van der Waals surface area (Å²) >= 11 is 0. The topological polar surface area (TPSA) is 231 Å². The summed E-state index contributed by atoms with van der Waals surface area (Å²) in [6.07, 6.45) is 76.4. The molecule has 0 aliphatic carbocycles. The van der Waals surface area contributed by atoms with E-state index >= 15 is 0 Å². The van der Waals surface area contributed by atoms with E-state index in [9.17, 15) is 43.5 Å². The Morgan fingerprint density at radius 3 is 0.923 bits per heavy atom. The number of hydrogen-bond acceptors (Lipinski definition) is 14. The van der Waals surface area contributed by atoms with Crippen LogP contribution in [-0.2, 0) is 55.8 Å². The molecule has 5 unspecified atom stereocenters. The van der Waals surface area contributed by atoms with Crippen LogP contribution in [0.5, 0.6) is 0 Å². The van der Waals surface area contributed by atoms with Crippen LogP contribution in [0.2, 0.25) is 0 Å². The van der Waals surface area contributed by atoms with Crippen LogP contribution in [0.4, 0.5) is 0 Å². The van der Waals surface area contributed by atoms with Gasteiger partial charge in [-0.2, -0.15) is 0 Å². The van der Waals surface area contributed by atoms with Gasteiger partial charge in [-0.3, -0.25) is 32.5 Å². The van der Waals surface area contributed by atoms with E-state index < -0.39 is 91.5 Å². The third-order valence-electron chi connectivity index (χ3n) is 13.8. The first-order valence-electron chi connectivity index (χ1n) is 34.5. The molecule has 18 heteroatoms. The van der Waals surface area contributed by atoms with Gasteiger partial charge in [-0.05, 0) is 135 Å². The van der Waals surface area contributed by atoms with Crippen LogP contribution in [0, 0.1) is 0 Å². The summed E-state index contributed by atoms with van der Waals surface area (Å²) in [5.74, 6) is -1.64. The van der Waals surface area contributed by atoms with Crippen LogP contribution >= 0.6 is 15.6 Å². The zero-order valence-electron chi connectivity index (χ0n) is 56.2. The molecule has 0 saturated carbocycles. The fourth-order valence-corrected chi connectivity index (χ4v) is 10.2. The number of phosphoric acid groups is 2. The van der Waals surface area contributed by atoms with E-state index in [0.29, 0.717) is 19.3 Å². The first-order valence-corrected chi connectivity index (χ1v) is 37.5. The van der Waals surface area contributed by atoms with Crippen molar-refractivity contribution in [1.29, 1.82) is 0 Å². The lowest BCUT2D eigenvalue weighted by molar-refractivity contribution is -0.161. The maximum absolute atomic E-state index is 12.9. The minimum atomic E-state index is -4.94. The van der Waals surface area contributed by atoms with Crippen LogP contribution in [0.15, 0.2) is 134 Å². The number of phosphoric ester groups is 2. The number of carbonyl (C=O) groups is 3. The van der Waals surface area contributed by atoms with Gasteiger partial charge in [0.1, 0.15) is 25.4 Å². The van der Waals surface area contributed by atoms with Crippen LogP contribution in [0.3, 0.4) is 0 Å². The molecule has 0 aromatic heterocycles. The lowest BCUT2D eigenvalue weighted by atomic mass is 10.1. The van der Waals surface area contributed by atoms with Crippen molar-refractivity contribution >= 4 is 33.6 Å². The summed E-state index contributed by atoms with van der Waals surface area (Å²) in [5.41, 5.74) is 0. The maximum Gasteiger partial charge on any atom is 0.472 e. The zero-order valence-corrected chi connectivity index (χ0v) is 58.0. The van der Waals surface area contributed by atoms with Gasteiger partial charge in [0.05, 0.1) is 26.4 Å². The van der Waals surface area contributed by atoms with Crippen LogP contribution in [0.1, 0.15) is 252 Å². The molecule has 0 amide bonds. The molecular formula is C73H122O16P2. The second kappa shape index (κ2) is 65.7. The Morgan fingerprint density at radius 1 is 0.319 bits per heavy atom. The molecule has 0 aromatic rings. The Balaban J connectivity index is 4.67. The molecule has 0 aromatic carbocycles. The molecule has 0 radical (unpaired) electrons. The number of rotatable bonds is 64. The minimum Gasteiger partial charge on any atom is -0.463 e. The average molecular weight is 1320 g/mol. The quantitative estimate of drug-likeness (QED) is 0.0146. The van der Waals surface area contributed by atoms with E-state index in [0.717, 1.165) is 167 Å². The molecule has 0 aliphatic heterocycles. The molecular weight excluding hydrogens is 1190 g/mol. The number of carbonyl (C=O) groups excluding carboxylic acids is 3. The van der Waals surface area contributed by atoms with E-state index in [1.165, 1.54) is 25.7 Å². The Kier molecular flexibility index (Phi) is 62.6. The van der Waals surface area contributed by atoms with Crippen molar-refractivity contribution in [2.75, 3.05) is 39.6 Å². The third kappa shape index (κ3) is 66.9. The Morgan fingerprint density at radius 2 is 0.582 bits per heavy atom. The Bertz CT molecular complexity index is 2190. The van der Waals surface area contributed by atoms with Gasteiger partial charge in [-0.15, -0.1) is 0 Å². The van der Waals surface area contributed by atoms with Gasteiger partial charge in [0.2, 0.25) is 0 Å². The highest BCUT2D eigenvalue weighted by Crippen LogP contribution is 2.45. The number of ether oxygens (including phenoxy) is 3. The van der Waals surface area contributed by atoms with Crippen molar-refractivity contribution < 1.29 is 75.8 Å². The van der Waals surface area contributed by atoms with Crippen molar-refractivity contribution in [3.63, 3.8) is 0 Å². The predicted octanol–water partition coefficient (Wildman–Crippen LogP) is 19.2. The fraction of sp³-hybridized carbons (Fsp3) is 0.658. The van der Waals surface area contributed by atoms with E-state index in [1.54, 1.807) is 0 Å². The van der Waals surface area contributed by atoms with Crippen molar-refractivity contribution in [2.24, 2.45) is 0 Å². The van der Waals surface area contributed by atoms with Gasteiger partial charge in [0.15, 0.2) is 6.10 Å². The number of aliphatic hydroxyl groups excluding tert-OH is 2. The van der Waals surface area contributed by atoms with E-state index in [4.69, 9.17) is 32.3 Å². The summed E-state index contributed by atoms with van der Waals surface area (Å²) < 4.78 is 60.9. The average Bonchev–Trinajstić information content (AvgIpc) is 3.27. The summed E-state index contributed by atoms with van der Waals surface area (Å²) in [5, 5.41) is 20.6. The number of unbranched alkanes of at least 4 members (excludes halogenated alkanes) is 19. The van der Waals surface area contributed by atoms with Crippen LogP contribution in [-0.4, -0.2) is 95.9 Å². The minimum absolute atomic E-state index is 0.0749. The SMILES string of the molecule is CC/C=C\C/C=C\C/C=C\C/C=C\CCCCCCC(=O)OCC(COP(=O)(O)OCC(O)COP(=O)(O)OCC(O)COC(=O)CCCCCCCCC/C=C\C/C=C\C/C=C\C/C=C\CCCCC)OC(=O)CCCCCCC/C=C\C/C=C\C/C=C\CC. The first-order chi connectivity index (χ1) is 44.2. The fourth-order valence-electron chi connectivity index (χ4n) is 8.62. The van der Waals surface area contributed by atoms with E-state index in [1.807, 2.05) is 0 Å². The summed E-state index contributed by atoms with van der Waals surface area (Å²) in [6, 6.07) is 0.